The zero-order valence-electron chi connectivity index (χ0n) is 14.8. The van der Waals surface area contributed by atoms with Gasteiger partial charge in [-0.15, -0.1) is 0 Å². The van der Waals surface area contributed by atoms with Crippen LogP contribution in [0.15, 0.2) is 42.5 Å². The van der Waals surface area contributed by atoms with Gasteiger partial charge in [0.2, 0.25) is 5.72 Å². The zero-order chi connectivity index (χ0) is 21.6. The molecule has 2 aromatic rings. The fourth-order valence-electron chi connectivity index (χ4n) is 3.22. The van der Waals surface area contributed by atoms with E-state index in [1.54, 1.807) is 19.1 Å². The van der Waals surface area contributed by atoms with Crippen molar-refractivity contribution in [2.45, 2.75) is 24.9 Å². The lowest BCUT2D eigenvalue weighted by atomic mass is 9.77. The number of rotatable bonds is 3. The van der Waals surface area contributed by atoms with Gasteiger partial charge in [-0.2, -0.15) is 13.2 Å². The topological polar surface area (TPSA) is 78.4 Å². The third kappa shape index (κ3) is 3.92. The average Bonchev–Trinajstić information content (AvgIpc) is 2.62. The summed E-state index contributed by atoms with van der Waals surface area (Å²) in [5.41, 5.74) is -2.97. The van der Waals surface area contributed by atoms with Crippen molar-refractivity contribution in [2.24, 2.45) is 5.92 Å². The van der Waals surface area contributed by atoms with Gasteiger partial charge in [-0.25, -0.2) is 4.79 Å². The first kappa shape index (κ1) is 21.4. The van der Waals surface area contributed by atoms with E-state index in [2.05, 4.69) is 5.32 Å². The van der Waals surface area contributed by atoms with Crippen LogP contribution in [0.2, 0.25) is 10.0 Å². The fraction of sp³-hybridized carbons (Fsp3) is 0.263. The predicted octanol–water partition coefficient (Wildman–Crippen LogP) is 4.41. The number of ketones is 1. The molecule has 5 nitrogen and oxygen atoms in total. The molecule has 1 saturated heterocycles. The Bertz CT molecular complexity index is 966. The van der Waals surface area contributed by atoms with Crippen LogP contribution < -0.4 is 10.6 Å². The lowest BCUT2D eigenvalue weighted by molar-refractivity contribution is -0.287. The first-order valence-corrected chi connectivity index (χ1v) is 9.13. The minimum absolute atomic E-state index is 0.0223. The highest BCUT2D eigenvalue weighted by molar-refractivity contribution is 6.42. The summed E-state index contributed by atoms with van der Waals surface area (Å²) in [4.78, 5) is 25.1. The Balaban J connectivity index is 2.17. The van der Waals surface area contributed by atoms with E-state index >= 15 is 0 Å². The molecule has 1 aliphatic heterocycles. The monoisotopic (exact) mass is 446 g/mol. The van der Waals surface area contributed by atoms with Crippen molar-refractivity contribution in [3.63, 3.8) is 0 Å². The first-order valence-electron chi connectivity index (χ1n) is 8.37. The van der Waals surface area contributed by atoms with E-state index in [0.29, 0.717) is 0 Å². The number of urea groups is 1. The molecule has 10 heteroatoms. The van der Waals surface area contributed by atoms with E-state index in [4.69, 9.17) is 23.2 Å². The van der Waals surface area contributed by atoms with Crippen LogP contribution in [0.25, 0.3) is 0 Å². The Morgan fingerprint density at radius 3 is 2.28 bits per heavy atom. The number of Topliss-reactive ketones (excluding diaryl/α,β-unsaturated/α-hetero) is 1. The molecule has 29 heavy (non-hydrogen) atoms. The van der Waals surface area contributed by atoms with Crippen LogP contribution in [-0.4, -0.2) is 28.8 Å². The van der Waals surface area contributed by atoms with Crippen molar-refractivity contribution in [3.05, 3.63) is 69.2 Å². The van der Waals surface area contributed by atoms with Crippen molar-refractivity contribution >= 4 is 35.0 Å². The van der Waals surface area contributed by atoms with Gasteiger partial charge >= 0.3 is 12.2 Å². The van der Waals surface area contributed by atoms with Gasteiger partial charge in [0.15, 0.2) is 5.78 Å². The molecule has 0 radical (unpaired) electrons. The molecule has 0 unspecified atom stereocenters. The van der Waals surface area contributed by atoms with E-state index in [1.807, 2.05) is 0 Å². The lowest BCUT2D eigenvalue weighted by Gasteiger charge is -2.45. The van der Waals surface area contributed by atoms with E-state index in [9.17, 15) is 27.9 Å². The minimum atomic E-state index is -5.33. The first-order chi connectivity index (χ1) is 13.4. The van der Waals surface area contributed by atoms with Gasteiger partial charge in [0.25, 0.3) is 0 Å². The van der Waals surface area contributed by atoms with Gasteiger partial charge < -0.3 is 15.7 Å². The highest BCUT2D eigenvalue weighted by Crippen LogP contribution is 2.44. The van der Waals surface area contributed by atoms with E-state index < -0.39 is 35.7 Å². The number of amides is 2. The molecule has 2 amide bonds. The number of benzene rings is 2. The summed E-state index contributed by atoms with van der Waals surface area (Å²) in [6, 6.07) is 6.93. The Kier molecular flexibility index (Phi) is 5.55. The second-order valence-electron chi connectivity index (χ2n) is 6.72. The Hall–Kier alpha value is -2.29. The van der Waals surface area contributed by atoms with Crippen LogP contribution in [-0.2, 0) is 0 Å². The molecule has 3 atom stereocenters. The molecule has 3 N–H and O–H groups in total. The highest BCUT2D eigenvalue weighted by atomic mass is 35.5. The van der Waals surface area contributed by atoms with Gasteiger partial charge in [-0.3, -0.25) is 4.79 Å². The summed E-state index contributed by atoms with van der Waals surface area (Å²) >= 11 is 11.8. The summed E-state index contributed by atoms with van der Waals surface area (Å²) < 4.78 is 41.5. The van der Waals surface area contributed by atoms with Crippen LogP contribution in [0.3, 0.4) is 0 Å². The van der Waals surface area contributed by atoms with Gasteiger partial charge in [0.05, 0.1) is 16.1 Å². The van der Waals surface area contributed by atoms with Crippen molar-refractivity contribution in [1.29, 1.82) is 0 Å². The fourth-order valence-corrected chi connectivity index (χ4v) is 3.53. The maximum absolute atomic E-state index is 13.8. The van der Waals surface area contributed by atoms with Gasteiger partial charge in [-0.1, -0.05) is 59.1 Å². The Morgan fingerprint density at radius 2 is 1.72 bits per heavy atom. The van der Waals surface area contributed by atoms with Crippen molar-refractivity contribution < 1.29 is 27.9 Å². The number of hydrogen-bond acceptors (Lipinski definition) is 3. The average molecular weight is 447 g/mol. The van der Waals surface area contributed by atoms with E-state index in [-0.39, 0.29) is 21.2 Å². The quantitative estimate of drug-likeness (QED) is 0.611. The number of nitrogens with one attached hydrogen (secondary N) is 2. The normalized spacial score (nSPS) is 24.6. The third-order valence-corrected chi connectivity index (χ3v) is 5.47. The standard InChI is InChI=1S/C19H15Cl2F3N2O3/c1-9-2-4-10(5-3-9)16(27)14-15(11-6-7-12(20)13(21)8-11)25-17(28)26-18(14,29)19(22,23)24/h2-8,14-15,29H,1H3,(H2,25,26,28)/t14-,15-,18+/m0/s1. The van der Waals surface area contributed by atoms with E-state index in [1.165, 1.54) is 35.6 Å². The van der Waals surface area contributed by atoms with Crippen molar-refractivity contribution in [3.8, 4) is 0 Å². The van der Waals surface area contributed by atoms with Crippen LogP contribution in [0.1, 0.15) is 27.5 Å². The summed E-state index contributed by atoms with van der Waals surface area (Å²) in [5, 5.41) is 14.4. The number of halogens is 5. The second kappa shape index (κ2) is 7.51. The molecule has 2 aromatic carbocycles. The van der Waals surface area contributed by atoms with Crippen molar-refractivity contribution in [2.75, 3.05) is 0 Å². The Labute approximate surface area is 173 Å². The molecule has 1 heterocycles. The van der Waals surface area contributed by atoms with Crippen LogP contribution in [0.5, 0.6) is 0 Å². The van der Waals surface area contributed by atoms with Crippen LogP contribution in [0.4, 0.5) is 18.0 Å². The highest BCUT2D eigenvalue weighted by Gasteiger charge is 2.66. The second-order valence-corrected chi connectivity index (χ2v) is 7.54. The smallest absolute Gasteiger partial charge is 0.363 e. The predicted molar refractivity (Wildman–Crippen MR) is 101 cm³/mol. The lowest BCUT2D eigenvalue weighted by Crippen LogP contribution is -2.72. The molecule has 3 rings (SSSR count). The molecule has 0 aliphatic carbocycles. The molecular weight excluding hydrogens is 432 g/mol. The molecule has 1 fully saturated rings. The summed E-state index contributed by atoms with van der Waals surface area (Å²) in [6.07, 6.45) is -5.33. The number of aryl methyl sites for hydroxylation is 1. The SMILES string of the molecule is Cc1ccc(C(=O)[C@@H]2[C@H](c3ccc(Cl)c(Cl)c3)NC(=O)N[C@]2(O)C(F)(F)F)cc1. The number of aliphatic hydroxyl groups is 1. The molecule has 0 spiro atoms. The Morgan fingerprint density at radius 1 is 1.10 bits per heavy atom. The number of hydrogen-bond donors (Lipinski definition) is 3. The van der Waals surface area contributed by atoms with Crippen LogP contribution in [0, 0.1) is 12.8 Å². The zero-order valence-corrected chi connectivity index (χ0v) is 16.4. The largest absolute Gasteiger partial charge is 0.437 e. The molecule has 1 aliphatic rings. The third-order valence-electron chi connectivity index (χ3n) is 4.73. The number of carbonyl (C=O) groups is 2. The van der Waals surface area contributed by atoms with Gasteiger partial charge in [0, 0.05) is 5.56 Å². The van der Waals surface area contributed by atoms with Gasteiger partial charge in [0.1, 0.15) is 5.92 Å². The van der Waals surface area contributed by atoms with E-state index in [0.717, 1.165) is 5.56 Å². The van der Waals surface area contributed by atoms with Crippen LogP contribution >= 0.6 is 23.2 Å². The maximum atomic E-state index is 13.8. The summed E-state index contributed by atoms with van der Waals surface area (Å²) in [6.45, 7) is 1.75. The minimum Gasteiger partial charge on any atom is -0.363 e. The van der Waals surface area contributed by atoms with Gasteiger partial charge in [-0.05, 0) is 24.6 Å². The number of alkyl halides is 3. The maximum Gasteiger partial charge on any atom is 0.437 e. The van der Waals surface area contributed by atoms with Crippen molar-refractivity contribution in [1.82, 2.24) is 10.6 Å². The summed E-state index contributed by atoms with van der Waals surface area (Å²) in [7, 11) is 0. The summed E-state index contributed by atoms with van der Waals surface area (Å²) in [5.74, 6) is -3.13. The molecule has 0 aromatic heterocycles. The molecule has 154 valence electrons. The molecule has 0 saturated carbocycles. The molecular formula is C19H15Cl2F3N2O3. The molecule has 0 bridgehead atoms. The number of carbonyl (C=O) groups excluding carboxylic acids is 2.